The average molecular weight is 507 g/mol. The molecule has 1 heterocycles. The van der Waals surface area contributed by atoms with Crippen molar-refractivity contribution in [2.75, 3.05) is 18.4 Å². The zero-order valence-corrected chi connectivity index (χ0v) is 21.4. The van der Waals surface area contributed by atoms with Crippen LogP contribution in [0.5, 0.6) is 0 Å². The molecule has 0 radical (unpaired) electrons. The van der Waals surface area contributed by atoms with Gasteiger partial charge in [0, 0.05) is 47.2 Å². The highest BCUT2D eigenvalue weighted by atomic mass is 32.2. The maximum absolute atomic E-state index is 13.5. The van der Waals surface area contributed by atoms with Gasteiger partial charge >= 0.3 is 0 Å². The van der Waals surface area contributed by atoms with E-state index in [0.29, 0.717) is 47.2 Å². The summed E-state index contributed by atoms with van der Waals surface area (Å²) in [6.45, 7) is 6.02. The van der Waals surface area contributed by atoms with Crippen molar-refractivity contribution in [1.29, 1.82) is 0 Å². The second-order valence-corrected chi connectivity index (χ2v) is 10.7. The number of carbonyl (C=O) groups excluding carboxylic acids is 2. The highest BCUT2D eigenvalue weighted by Gasteiger charge is 2.26. The Bertz CT molecular complexity index is 1480. The first-order valence-electron chi connectivity index (χ1n) is 11.7. The van der Waals surface area contributed by atoms with Crippen LogP contribution in [0.4, 0.5) is 5.69 Å². The topological polar surface area (TPSA) is 122 Å². The second-order valence-electron chi connectivity index (χ2n) is 9.09. The SMILES string of the molecule is CC1=C(NS(=O)(=O)c2ccc(NC(=O)c3ccccc3C)c3ccccc23)CCN(C(=O)[C@H](C)N)C1. The van der Waals surface area contributed by atoms with Gasteiger partial charge in [-0.3, -0.25) is 14.3 Å². The zero-order valence-electron chi connectivity index (χ0n) is 20.5. The van der Waals surface area contributed by atoms with Crippen LogP contribution >= 0.6 is 0 Å². The fourth-order valence-electron chi connectivity index (χ4n) is 4.38. The molecule has 4 rings (SSSR count). The predicted molar refractivity (Wildman–Crippen MR) is 141 cm³/mol. The van der Waals surface area contributed by atoms with Gasteiger partial charge in [0.05, 0.1) is 10.9 Å². The number of fused-ring (bicyclic) bond motifs is 1. The van der Waals surface area contributed by atoms with Gasteiger partial charge in [0.1, 0.15) is 0 Å². The maximum atomic E-state index is 13.5. The number of aryl methyl sites for hydroxylation is 1. The molecule has 0 saturated heterocycles. The minimum atomic E-state index is -3.93. The van der Waals surface area contributed by atoms with Gasteiger partial charge in [-0.05, 0) is 50.1 Å². The van der Waals surface area contributed by atoms with Crippen molar-refractivity contribution in [2.45, 2.75) is 38.1 Å². The first kappa shape index (κ1) is 25.4. The van der Waals surface area contributed by atoms with Crippen LogP contribution in [0.1, 0.15) is 36.2 Å². The van der Waals surface area contributed by atoms with Crippen molar-refractivity contribution < 1.29 is 18.0 Å². The van der Waals surface area contributed by atoms with Gasteiger partial charge in [-0.1, -0.05) is 42.5 Å². The van der Waals surface area contributed by atoms with Gasteiger partial charge in [0.25, 0.3) is 15.9 Å². The number of carbonyl (C=O) groups is 2. The van der Waals surface area contributed by atoms with Gasteiger partial charge < -0.3 is 16.0 Å². The number of amides is 2. The van der Waals surface area contributed by atoms with Gasteiger partial charge in [0.15, 0.2) is 0 Å². The van der Waals surface area contributed by atoms with Gasteiger partial charge in [-0.2, -0.15) is 0 Å². The van der Waals surface area contributed by atoms with E-state index in [1.807, 2.05) is 19.1 Å². The number of sulfonamides is 1. The smallest absolute Gasteiger partial charge is 0.262 e. The van der Waals surface area contributed by atoms with Crippen molar-refractivity contribution in [2.24, 2.45) is 5.73 Å². The van der Waals surface area contributed by atoms with Crippen molar-refractivity contribution in [3.63, 3.8) is 0 Å². The molecule has 2 amide bonds. The normalized spacial score (nSPS) is 15.1. The fourth-order valence-corrected chi connectivity index (χ4v) is 5.81. The zero-order chi connectivity index (χ0) is 26.0. The molecule has 0 aromatic heterocycles. The number of rotatable bonds is 6. The molecule has 0 aliphatic carbocycles. The lowest BCUT2D eigenvalue weighted by atomic mass is 10.1. The largest absolute Gasteiger partial charge is 0.337 e. The molecule has 0 saturated carbocycles. The molecule has 0 spiro atoms. The standard InChI is InChI=1S/C27H30N4O4S/c1-17-8-4-5-9-20(17)26(32)29-24-12-13-25(22-11-7-6-10-21(22)24)36(34,35)30-23-14-15-31(16-18(23)2)27(33)19(3)28/h4-13,19,30H,14-16,28H2,1-3H3,(H,29,32)/t19-/m0/s1. The third kappa shape index (κ3) is 5.12. The summed E-state index contributed by atoms with van der Waals surface area (Å²) in [5.74, 6) is -0.425. The van der Waals surface area contributed by atoms with E-state index in [-0.39, 0.29) is 16.7 Å². The molecule has 3 aromatic carbocycles. The van der Waals surface area contributed by atoms with Gasteiger partial charge in [-0.15, -0.1) is 0 Å². The van der Waals surface area contributed by atoms with Crippen LogP contribution in [-0.4, -0.2) is 44.3 Å². The molecule has 1 atom stereocenters. The number of hydrogen-bond acceptors (Lipinski definition) is 5. The average Bonchev–Trinajstić information content (AvgIpc) is 2.85. The molecule has 9 heteroatoms. The van der Waals surface area contributed by atoms with Crippen LogP contribution in [0.15, 0.2) is 76.8 Å². The number of hydrogen-bond donors (Lipinski definition) is 3. The van der Waals surface area contributed by atoms with E-state index in [1.165, 1.54) is 6.07 Å². The lowest BCUT2D eigenvalue weighted by Crippen LogP contribution is -2.46. The summed E-state index contributed by atoms with van der Waals surface area (Å²) in [5.41, 5.74) is 8.98. The Kier molecular flexibility index (Phi) is 7.14. The Morgan fingerprint density at radius 1 is 0.972 bits per heavy atom. The van der Waals surface area contributed by atoms with E-state index >= 15 is 0 Å². The fraction of sp³-hybridized carbons (Fsp3) is 0.259. The third-order valence-corrected chi connectivity index (χ3v) is 7.80. The van der Waals surface area contributed by atoms with Crippen molar-refractivity contribution in [1.82, 2.24) is 9.62 Å². The second kappa shape index (κ2) is 10.1. The molecule has 8 nitrogen and oxygen atoms in total. The van der Waals surface area contributed by atoms with E-state index in [4.69, 9.17) is 5.73 Å². The summed E-state index contributed by atoms with van der Waals surface area (Å²) in [6.07, 6.45) is 0.381. The Labute approximate surface area is 211 Å². The summed E-state index contributed by atoms with van der Waals surface area (Å²) >= 11 is 0. The number of nitrogens with zero attached hydrogens (tertiary/aromatic N) is 1. The van der Waals surface area contributed by atoms with E-state index in [0.717, 1.165) is 11.1 Å². The molecule has 0 fully saturated rings. The Hall–Kier alpha value is -3.69. The van der Waals surface area contributed by atoms with Crippen LogP contribution in [0.2, 0.25) is 0 Å². The lowest BCUT2D eigenvalue weighted by molar-refractivity contribution is -0.132. The molecular weight excluding hydrogens is 476 g/mol. The molecule has 4 N–H and O–H groups in total. The Morgan fingerprint density at radius 3 is 2.31 bits per heavy atom. The van der Waals surface area contributed by atoms with Crippen LogP contribution in [0.25, 0.3) is 10.8 Å². The molecule has 0 bridgehead atoms. The summed E-state index contributed by atoms with van der Waals surface area (Å²) in [7, 11) is -3.93. The minimum Gasteiger partial charge on any atom is -0.337 e. The summed E-state index contributed by atoms with van der Waals surface area (Å²) in [4.78, 5) is 26.9. The van der Waals surface area contributed by atoms with E-state index in [1.54, 1.807) is 61.2 Å². The number of nitrogens with two attached hydrogens (primary N) is 1. The molecule has 0 unspecified atom stereocenters. The molecule has 1 aliphatic rings. The molecule has 1 aliphatic heterocycles. The number of nitrogens with one attached hydrogen (secondary N) is 2. The third-order valence-electron chi connectivity index (χ3n) is 6.35. The highest BCUT2D eigenvalue weighted by Crippen LogP contribution is 2.31. The minimum absolute atomic E-state index is 0.112. The first-order chi connectivity index (χ1) is 17.1. The predicted octanol–water partition coefficient (Wildman–Crippen LogP) is 3.53. The van der Waals surface area contributed by atoms with Crippen LogP contribution < -0.4 is 15.8 Å². The van der Waals surface area contributed by atoms with Crippen molar-refractivity contribution >= 4 is 38.3 Å². The quantitative estimate of drug-likeness (QED) is 0.472. The van der Waals surface area contributed by atoms with Crippen molar-refractivity contribution in [3.05, 3.63) is 83.1 Å². The first-order valence-corrected chi connectivity index (χ1v) is 13.2. The van der Waals surface area contributed by atoms with E-state index < -0.39 is 16.1 Å². The monoisotopic (exact) mass is 506 g/mol. The summed E-state index contributed by atoms with van der Waals surface area (Å²) in [5, 5.41) is 4.03. The molecular formula is C27H30N4O4S. The summed E-state index contributed by atoms with van der Waals surface area (Å²) in [6, 6.07) is 16.8. The molecule has 188 valence electrons. The van der Waals surface area contributed by atoms with Crippen LogP contribution in [0, 0.1) is 6.92 Å². The Morgan fingerprint density at radius 2 is 1.64 bits per heavy atom. The van der Waals surface area contributed by atoms with Gasteiger partial charge in [0.2, 0.25) is 5.91 Å². The highest BCUT2D eigenvalue weighted by molar-refractivity contribution is 7.89. The van der Waals surface area contributed by atoms with Gasteiger partial charge in [-0.25, -0.2) is 8.42 Å². The number of benzene rings is 3. The lowest BCUT2D eigenvalue weighted by Gasteiger charge is -2.31. The summed E-state index contributed by atoms with van der Waals surface area (Å²) < 4.78 is 29.6. The maximum Gasteiger partial charge on any atom is 0.262 e. The Balaban J connectivity index is 1.63. The molecule has 3 aromatic rings. The van der Waals surface area contributed by atoms with Crippen LogP contribution in [0.3, 0.4) is 0 Å². The molecule has 36 heavy (non-hydrogen) atoms. The number of anilines is 1. The van der Waals surface area contributed by atoms with E-state index in [2.05, 4.69) is 10.0 Å². The van der Waals surface area contributed by atoms with Crippen molar-refractivity contribution in [3.8, 4) is 0 Å². The van der Waals surface area contributed by atoms with E-state index in [9.17, 15) is 18.0 Å². The van der Waals surface area contributed by atoms with Crippen LogP contribution in [-0.2, 0) is 14.8 Å².